The van der Waals surface area contributed by atoms with Crippen LogP contribution in [0, 0.1) is 0 Å². The van der Waals surface area contributed by atoms with Gasteiger partial charge in [0.1, 0.15) is 12.7 Å². The number of benzene rings is 4. The molecule has 4 heteroatoms. The predicted octanol–water partition coefficient (Wildman–Crippen LogP) is 8.24. The summed E-state index contributed by atoms with van der Waals surface area (Å²) in [5.41, 5.74) is 14.0. The van der Waals surface area contributed by atoms with E-state index in [1.54, 1.807) is 25.0 Å². The summed E-state index contributed by atoms with van der Waals surface area (Å²) in [5.74, 6) is 0. The van der Waals surface area contributed by atoms with Crippen LogP contribution in [0.25, 0.3) is 55.9 Å². The maximum absolute atomic E-state index is 4.48. The zero-order valence-corrected chi connectivity index (χ0v) is 21.8. The molecular formula is C35H26N4. The highest BCUT2D eigenvalue weighted by Crippen LogP contribution is 2.49. The van der Waals surface area contributed by atoms with E-state index in [-0.39, 0.29) is 5.41 Å². The minimum atomic E-state index is 0.0182. The molecule has 0 radical (unpaired) electrons. The summed E-state index contributed by atoms with van der Waals surface area (Å²) in [6.07, 6.45) is 6.70. The van der Waals surface area contributed by atoms with Gasteiger partial charge in [0, 0.05) is 28.9 Å². The second kappa shape index (κ2) is 9.10. The van der Waals surface area contributed by atoms with E-state index in [4.69, 9.17) is 0 Å². The summed E-state index contributed by atoms with van der Waals surface area (Å²) < 4.78 is 0. The van der Waals surface area contributed by atoms with Crippen LogP contribution in [0.5, 0.6) is 0 Å². The van der Waals surface area contributed by atoms with Crippen LogP contribution in [0.15, 0.2) is 122 Å². The molecule has 0 aliphatic heterocycles. The van der Waals surface area contributed by atoms with Gasteiger partial charge < -0.3 is 0 Å². The molecule has 39 heavy (non-hydrogen) atoms. The van der Waals surface area contributed by atoms with Crippen molar-refractivity contribution in [3.8, 4) is 55.9 Å². The van der Waals surface area contributed by atoms with Crippen molar-refractivity contribution in [1.82, 2.24) is 19.9 Å². The lowest BCUT2D eigenvalue weighted by Crippen LogP contribution is -2.14. The third-order valence-electron chi connectivity index (χ3n) is 7.82. The van der Waals surface area contributed by atoms with Gasteiger partial charge in [-0.1, -0.05) is 74.5 Å². The summed E-state index contributed by atoms with van der Waals surface area (Å²) in [7, 11) is 0. The van der Waals surface area contributed by atoms with Crippen molar-refractivity contribution in [2.75, 3.05) is 0 Å². The first-order chi connectivity index (χ1) is 19.1. The van der Waals surface area contributed by atoms with Crippen LogP contribution in [0.4, 0.5) is 0 Å². The normalized spacial score (nSPS) is 13.1. The molecule has 6 aromatic rings. The minimum Gasteiger partial charge on any atom is -0.245 e. The van der Waals surface area contributed by atoms with Gasteiger partial charge in [0.25, 0.3) is 0 Å². The van der Waals surface area contributed by atoms with E-state index in [2.05, 4.69) is 119 Å². The molecule has 0 amide bonds. The highest BCUT2D eigenvalue weighted by Gasteiger charge is 2.35. The van der Waals surface area contributed by atoms with Gasteiger partial charge in [0.2, 0.25) is 0 Å². The van der Waals surface area contributed by atoms with E-state index in [9.17, 15) is 0 Å². The lowest BCUT2D eigenvalue weighted by atomic mass is 9.82. The first-order valence-corrected chi connectivity index (χ1v) is 13.1. The summed E-state index contributed by atoms with van der Waals surface area (Å²) in [6.45, 7) is 4.63. The molecule has 0 saturated carbocycles. The van der Waals surface area contributed by atoms with E-state index >= 15 is 0 Å². The van der Waals surface area contributed by atoms with Crippen LogP contribution < -0.4 is 0 Å². The largest absolute Gasteiger partial charge is 0.245 e. The van der Waals surface area contributed by atoms with Gasteiger partial charge in [-0.05, 0) is 80.9 Å². The predicted molar refractivity (Wildman–Crippen MR) is 157 cm³/mol. The molecule has 0 fully saturated rings. The van der Waals surface area contributed by atoms with Crippen LogP contribution in [0.2, 0.25) is 0 Å². The Morgan fingerprint density at radius 2 is 1.00 bits per heavy atom. The smallest absolute Gasteiger partial charge is 0.116 e. The summed E-state index contributed by atoms with van der Waals surface area (Å²) in [6, 6.07) is 34.8. The third-order valence-corrected chi connectivity index (χ3v) is 7.82. The SMILES string of the molecule is CC1(C)c2ccccc2-c2cc(-c3ccc(-c4cc(-c5ccncn5)cc(-c5ccncn5)c4)cc3)ccc21. The maximum atomic E-state index is 4.48. The number of rotatable bonds is 4. The average molecular weight is 503 g/mol. The van der Waals surface area contributed by atoms with E-state index < -0.39 is 0 Å². The van der Waals surface area contributed by atoms with Gasteiger partial charge >= 0.3 is 0 Å². The first-order valence-electron chi connectivity index (χ1n) is 13.1. The average Bonchev–Trinajstić information content (AvgIpc) is 3.24. The zero-order valence-electron chi connectivity index (χ0n) is 21.8. The second-order valence-corrected chi connectivity index (χ2v) is 10.5. The van der Waals surface area contributed by atoms with Crippen LogP contribution in [0.3, 0.4) is 0 Å². The molecule has 186 valence electrons. The number of hydrogen-bond donors (Lipinski definition) is 0. The maximum Gasteiger partial charge on any atom is 0.116 e. The van der Waals surface area contributed by atoms with E-state index in [1.807, 2.05) is 12.1 Å². The van der Waals surface area contributed by atoms with Crippen molar-refractivity contribution < 1.29 is 0 Å². The summed E-state index contributed by atoms with van der Waals surface area (Å²) in [4.78, 5) is 17.1. The first kappa shape index (κ1) is 23.2. The number of fused-ring (bicyclic) bond motifs is 3. The Hall–Kier alpha value is -4.96. The van der Waals surface area contributed by atoms with E-state index in [0.717, 1.165) is 33.6 Å². The quantitative estimate of drug-likeness (QED) is 0.244. The molecule has 7 rings (SSSR count). The van der Waals surface area contributed by atoms with Crippen molar-refractivity contribution >= 4 is 0 Å². The van der Waals surface area contributed by atoms with Crippen molar-refractivity contribution in [3.05, 3.63) is 133 Å². The molecule has 0 spiro atoms. The molecule has 1 aliphatic rings. The Morgan fingerprint density at radius 1 is 0.462 bits per heavy atom. The van der Waals surface area contributed by atoms with Gasteiger partial charge in [-0.15, -0.1) is 0 Å². The molecule has 0 saturated heterocycles. The van der Waals surface area contributed by atoms with Crippen molar-refractivity contribution in [3.63, 3.8) is 0 Å². The van der Waals surface area contributed by atoms with Crippen LogP contribution in [0.1, 0.15) is 25.0 Å². The molecule has 0 N–H and O–H groups in total. The van der Waals surface area contributed by atoms with Gasteiger partial charge in [-0.3, -0.25) is 0 Å². The number of aromatic nitrogens is 4. The van der Waals surface area contributed by atoms with Gasteiger partial charge in [-0.25, -0.2) is 19.9 Å². The van der Waals surface area contributed by atoms with E-state index in [1.165, 1.54) is 33.4 Å². The highest BCUT2D eigenvalue weighted by molar-refractivity contribution is 5.85. The molecule has 0 unspecified atom stereocenters. The van der Waals surface area contributed by atoms with Gasteiger partial charge in [0.05, 0.1) is 11.4 Å². The molecule has 2 heterocycles. The Bertz CT molecular complexity index is 1750. The topological polar surface area (TPSA) is 51.6 Å². The van der Waals surface area contributed by atoms with Crippen molar-refractivity contribution in [1.29, 1.82) is 0 Å². The Balaban J connectivity index is 1.28. The standard InChI is InChI=1S/C35H26N4/c1-35(2)31-6-4-3-5-29(31)30-20-25(11-12-32(30)35)23-7-9-24(10-8-23)26-17-27(33-13-15-36-21-38-33)19-28(18-26)34-14-16-37-22-39-34/h3-22H,1-2H3. The number of nitrogens with zero attached hydrogens (tertiary/aromatic N) is 4. The Kier molecular flexibility index (Phi) is 5.41. The summed E-state index contributed by atoms with van der Waals surface area (Å²) >= 11 is 0. The molecule has 1 aliphatic carbocycles. The fourth-order valence-corrected chi connectivity index (χ4v) is 5.77. The lowest BCUT2D eigenvalue weighted by Gasteiger charge is -2.21. The van der Waals surface area contributed by atoms with Crippen LogP contribution >= 0.6 is 0 Å². The number of hydrogen-bond acceptors (Lipinski definition) is 4. The second-order valence-electron chi connectivity index (χ2n) is 10.5. The molecule has 4 aromatic carbocycles. The fraction of sp³-hybridized carbons (Fsp3) is 0.0857. The Morgan fingerprint density at radius 3 is 1.62 bits per heavy atom. The fourth-order valence-electron chi connectivity index (χ4n) is 5.77. The van der Waals surface area contributed by atoms with Crippen LogP contribution in [-0.2, 0) is 5.41 Å². The van der Waals surface area contributed by atoms with E-state index in [0.29, 0.717) is 0 Å². The van der Waals surface area contributed by atoms with Gasteiger partial charge in [-0.2, -0.15) is 0 Å². The Labute approximate surface area is 228 Å². The molecule has 4 nitrogen and oxygen atoms in total. The molecular weight excluding hydrogens is 476 g/mol. The third kappa shape index (κ3) is 4.02. The van der Waals surface area contributed by atoms with Crippen molar-refractivity contribution in [2.45, 2.75) is 19.3 Å². The van der Waals surface area contributed by atoms with Crippen molar-refractivity contribution in [2.24, 2.45) is 0 Å². The molecule has 0 atom stereocenters. The van der Waals surface area contributed by atoms with Gasteiger partial charge in [0.15, 0.2) is 0 Å². The molecule has 0 bridgehead atoms. The summed E-state index contributed by atoms with van der Waals surface area (Å²) in [5, 5.41) is 0. The van der Waals surface area contributed by atoms with Crippen LogP contribution in [-0.4, -0.2) is 19.9 Å². The molecule has 2 aromatic heterocycles. The zero-order chi connectivity index (χ0) is 26.4. The monoisotopic (exact) mass is 502 g/mol. The lowest BCUT2D eigenvalue weighted by molar-refractivity contribution is 0.660. The minimum absolute atomic E-state index is 0.0182. The highest BCUT2D eigenvalue weighted by atomic mass is 14.8.